The Kier molecular flexibility index (Phi) is 5.37. The minimum absolute atomic E-state index is 0.0341. The van der Waals surface area contributed by atoms with Crippen LogP contribution in [0.4, 0.5) is 0 Å². The Labute approximate surface area is 168 Å². The van der Waals surface area contributed by atoms with Crippen LogP contribution in [-0.2, 0) is 4.79 Å². The Hall–Kier alpha value is -3.49. The lowest BCUT2D eigenvalue weighted by molar-refractivity contribution is -0.123. The number of benzene rings is 2. The molecule has 2 aromatic carbocycles. The van der Waals surface area contributed by atoms with E-state index in [4.69, 9.17) is 0 Å². The van der Waals surface area contributed by atoms with E-state index in [0.29, 0.717) is 6.42 Å². The zero-order valence-corrected chi connectivity index (χ0v) is 15.9. The van der Waals surface area contributed by atoms with Crippen LogP contribution in [0.1, 0.15) is 34.2 Å². The lowest BCUT2D eigenvalue weighted by Gasteiger charge is -2.11. The molecule has 8 nitrogen and oxygen atoms in total. The summed E-state index contributed by atoms with van der Waals surface area (Å²) < 4.78 is 1.68. The molecule has 1 fully saturated rings. The number of carbonyl (C=O) groups excluding carboxylic acids is 2. The highest BCUT2D eigenvalue weighted by molar-refractivity contribution is 5.94. The van der Waals surface area contributed by atoms with Crippen LogP contribution < -0.4 is 21.7 Å². The van der Waals surface area contributed by atoms with Crippen LogP contribution in [0.25, 0.3) is 5.69 Å². The maximum absolute atomic E-state index is 12.4. The Balaban J connectivity index is 1.34. The molecule has 0 saturated carbocycles. The summed E-state index contributed by atoms with van der Waals surface area (Å²) in [5.74, 6) is -0.787. The number of aromatic nitrogens is 2. The van der Waals surface area contributed by atoms with Crippen molar-refractivity contribution in [2.45, 2.75) is 25.4 Å². The van der Waals surface area contributed by atoms with Gasteiger partial charge in [0.05, 0.1) is 5.69 Å². The molecule has 148 valence electrons. The molecule has 2 atom stereocenters. The Morgan fingerprint density at radius 2 is 1.69 bits per heavy atom. The molecular weight excluding hydrogens is 368 g/mol. The Morgan fingerprint density at radius 1 is 1.00 bits per heavy atom. The second-order valence-electron chi connectivity index (χ2n) is 6.90. The third kappa shape index (κ3) is 4.18. The Bertz CT molecular complexity index is 1000. The van der Waals surface area contributed by atoms with Crippen LogP contribution in [-0.4, -0.2) is 27.6 Å². The first-order valence-corrected chi connectivity index (χ1v) is 9.40. The van der Waals surface area contributed by atoms with Gasteiger partial charge in [0.2, 0.25) is 0 Å². The molecule has 29 heavy (non-hydrogen) atoms. The third-order valence-electron chi connectivity index (χ3n) is 4.84. The molecule has 8 heteroatoms. The van der Waals surface area contributed by atoms with Crippen LogP contribution in [0, 0.1) is 6.92 Å². The first-order chi connectivity index (χ1) is 14.1. The number of para-hydroxylation sites is 1. The summed E-state index contributed by atoms with van der Waals surface area (Å²) in [5, 5.41) is 4.33. The Morgan fingerprint density at radius 3 is 2.41 bits per heavy atom. The normalized spacial score (nSPS) is 18.4. The number of hydrogen-bond acceptors (Lipinski definition) is 5. The quantitative estimate of drug-likeness (QED) is 0.507. The molecule has 0 spiro atoms. The van der Waals surface area contributed by atoms with Crippen molar-refractivity contribution in [2.24, 2.45) is 0 Å². The van der Waals surface area contributed by atoms with Crippen molar-refractivity contribution in [1.82, 2.24) is 31.5 Å². The monoisotopic (exact) mass is 390 g/mol. The van der Waals surface area contributed by atoms with Crippen molar-refractivity contribution in [3.8, 4) is 5.69 Å². The molecule has 0 aliphatic carbocycles. The van der Waals surface area contributed by atoms with Crippen molar-refractivity contribution in [1.29, 1.82) is 0 Å². The van der Waals surface area contributed by atoms with Crippen LogP contribution in [0.3, 0.4) is 0 Å². The van der Waals surface area contributed by atoms with E-state index < -0.39 is 11.9 Å². The predicted octanol–water partition coefficient (Wildman–Crippen LogP) is 1.55. The second kappa shape index (κ2) is 8.26. The van der Waals surface area contributed by atoms with E-state index >= 15 is 0 Å². The number of nitrogens with one attached hydrogen (secondary N) is 4. The first-order valence-electron chi connectivity index (χ1n) is 9.40. The molecule has 3 aromatic rings. The number of hydrogen-bond donors (Lipinski definition) is 4. The van der Waals surface area contributed by atoms with Gasteiger partial charge in [0.15, 0.2) is 5.69 Å². The molecule has 0 bridgehead atoms. The molecule has 1 aliphatic heterocycles. The standard InChI is InChI=1S/C21H22N6O2/c1-14-12-19(26-27(14)16-10-6-3-7-11-16)21(29)25-24-20(28)18-13-17(22-23-18)15-8-4-2-5-9-15/h2-12,17-18,22-23H,13H2,1H3,(H,24,28)(H,25,29). The number of nitrogens with zero attached hydrogens (tertiary/aromatic N) is 2. The van der Waals surface area contributed by atoms with Gasteiger partial charge in [0.25, 0.3) is 11.8 Å². The van der Waals surface area contributed by atoms with Crippen LogP contribution in [0.5, 0.6) is 0 Å². The molecular formula is C21H22N6O2. The van der Waals surface area contributed by atoms with Crippen LogP contribution in [0.2, 0.25) is 0 Å². The SMILES string of the molecule is Cc1cc(C(=O)NNC(=O)C2CC(c3ccccc3)NN2)nn1-c1ccccc1. The maximum Gasteiger partial charge on any atom is 0.290 e. The molecule has 4 rings (SSSR count). The maximum atomic E-state index is 12.4. The van der Waals surface area contributed by atoms with E-state index in [2.05, 4.69) is 26.8 Å². The highest BCUT2D eigenvalue weighted by Gasteiger charge is 2.30. The summed E-state index contributed by atoms with van der Waals surface area (Å²) in [4.78, 5) is 24.8. The summed E-state index contributed by atoms with van der Waals surface area (Å²) in [6.07, 6.45) is 0.577. The number of hydrazine groups is 2. The van der Waals surface area contributed by atoms with E-state index in [1.807, 2.05) is 67.6 Å². The lowest BCUT2D eigenvalue weighted by Crippen LogP contribution is -2.50. The summed E-state index contributed by atoms with van der Waals surface area (Å²) >= 11 is 0. The lowest BCUT2D eigenvalue weighted by atomic mass is 10.0. The number of aryl methyl sites for hydroxylation is 1. The summed E-state index contributed by atoms with van der Waals surface area (Å²) in [6.45, 7) is 1.87. The van der Waals surface area contributed by atoms with E-state index in [9.17, 15) is 9.59 Å². The number of carbonyl (C=O) groups is 2. The zero-order valence-electron chi connectivity index (χ0n) is 15.9. The van der Waals surface area contributed by atoms with Crippen molar-refractivity contribution < 1.29 is 9.59 Å². The minimum atomic E-state index is -0.471. The van der Waals surface area contributed by atoms with E-state index in [1.54, 1.807) is 10.7 Å². The smallest absolute Gasteiger partial charge is 0.271 e. The van der Waals surface area contributed by atoms with E-state index in [1.165, 1.54) is 0 Å². The fourth-order valence-electron chi connectivity index (χ4n) is 3.32. The average molecular weight is 390 g/mol. The van der Waals surface area contributed by atoms with E-state index in [0.717, 1.165) is 16.9 Å². The van der Waals surface area contributed by atoms with Gasteiger partial charge >= 0.3 is 0 Å². The molecule has 4 N–H and O–H groups in total. The predicted molar refractivity (Wildman–Crippen MR) is 108 cm³/mol. The zero-order chi connectivity index (χ0) is 20.2. The highest BCUT2D eigenvalue weighted by atomic mass is 16.2. The molecule has 1 aromatic heterocycles. The number of amides is 2. The van der Waals surface area contributed by atoms with Gasteiger partial charge in [-0.15, -0.1) is 0 Å². The third-order valence-corrected chi connectivity index (χ3v) is 4.84. The van der Waals surface area contributed by atoms with Gasteiger partial charge in [-0.3, -0.25) is 20.4 Å². The van der Waals surface area contributed by atoms with Gasteiger partial charge in [-0.2, -0.15) is 5.10 Å². The fraction of sp³-hybridized carbons (Fsp3) is 0.190. The molecule has 1 saturated heterocycles. The minimum Gasteiger partial charge on any atom is -0.271 e. The van der Waals surface area contributed by atoms with Gasteiger partial charge in [-0.25, -0.2) is 15.5 Å². The number of rotatable bonds is 4. The molecule has 0 radical (unpaired) electrons. The summed E-state index contributed by atoms with van der Waals surface area (Å²) in [6, 6.07) is 20.7. The average Bonchev–Trinajstić information content (AvgIpc) is 3.40. The largest absolute Gasteiger partial charge is 0.290 e. The van der Waals surface area contributed by atoms with Crippen molar-refractivity contribution in [2.75, 3.05) is 0 Å². The summed E-state index contributed by atoms with van der Waals surface area (Å²) in [5.41, 5.74) is 14.0. The van der Waals surface area contributed by atoms with Crippen LogP contribution >= 0.6 is 0 Å². The molecule has 2 amide bonds. The molecule has 1 aliphatic rings. The van der Waals surface area contributed by atoms with Gasteiger partial charge in [0.1, 0.15) is 6.04 Å². The van der Waals surface area contributed by atoms with Gasteiger partial charge < -0.3 is 0 Å². The first kappa shape index (κ1) is 18.9. The van der Waals surface area contributed by atoms with Crippen molar-refractivity contribution >= 4 is 11.8 Å². The fourth-order valence-corrected chi connectivity index (χ4v) is 3.32. The van der Waals surface area contributed by atoms with Crippen molar-refractivity contribution in [3.63, 3.8) is 0 Å². The van der Waals surface area contributed by atoms with Gasteiger partial charge in [0, 0.05) is 11.7 Å². The highest BCUT2D eigenvalue weighted by Crippen LogP contribution is 2.21. The van der Waals surface area contributed by atoms with E-state index in [-0.39, 0.29) is 17.6 Å². The topological polar surface area (TPSA) is 100 Å². The molecule has 2 heterocycles. The van der Waals surface area contributed by atoms with Crippen LogP contribution in [0.15, 0.2) is 66.7 Å². The summed E-state index contributed by atoms with van der Waals surface area (Å²) in [7, 11) is 0. The van der Waals surface area contributed by atoms with Gasteiger partial charge in [-0.1, -0.05) is 48.5 Å². The van der Waals surface area contributed by atoms with Gasteiger partial charge in [-0.05, 0) is 37.1 Å². The molecule has 2 unspecified atom stereocenters. The second-order valence-corrected chi connectivity index (χ2v) is 6.90. The van der Waals surface area contributed by atoms with Crippen molar-refractivity contribution in [3.05, 3.63) is 83.7 Å².